The molecule has 0 saturated heterocycles. The number of rotatable bonds is 6. The van der Waals surface area contributed by atoms with Crippen LogP contribution < -0.4 is 10.6 Å². The summed E-state index contributed by atoms with van der Waals surface area (Å²) >= 11 is 0. The minimum absolute atomic E-state index is 0.0372. The lowest BCUT2D eigenvalue weighted by Crippen LogP contribution is -2.26. The summed E-state index contributed by atoms with van der Waals surface area (Å²) in [5.41, 5.74) is 6.55. The SMILES string of the molecule is O=C(NCCC=Cc1ccc2c(c1)NC(=O)C2=O)OCC1c2ccccc2-c2ccccc21. The second-order valence-electron chi connectivity index (χ2n) is 8.03. The van der Waals surface area contributed by atoms with E-state index in [1.807, 2.05) is 36.4 Å². The Hall–Kier alpha value is -4.19. The minimum atomic E-state index is -0.599. The topological polar surface area (TPSA) is 84.5 Å². The van der Waals surface area contributed by atoms with E-state index < -0.39 is 17.8 Å². The molecule has 5 rings (SSSR count). The van der Waals surface area contributed by atoms with Gasteiger partial charge in [-0.05, 0) is 46.4 Å². The molecular formula is C27H22N2O4. The van der Waals surface area contributed by atoms with Crippen LogP contribution in [0.5, 0.6) is 0 Å². The van der Waals surface area contributed by atoms with Crippen LogP contribution in [0.2, 0.25) is 0 Å². The molecule has 0 aromatic heterocycles. The molecule has 2 aliphatic rings. The van der Waals surface area contributed by atoms with Gasteiger partial charge < -0.3 is 15.4 Å². The Morgan fingerprint density at radius 1 is 0.939 bits per heavy atom. The molecule has 0 spiro atoms. The molecule has 1 aliphatic heterocycles. The number of ether oxygens (including phenoxy) is 1. The van der Waals surface area contributed by atoms with Gasteiger partial charge in [0.1, 0.15) is 6.61 Å². The third-order valence-corrected chi connectivity index (χ3v) is 5.98. The number of amides is 2. The van der Waals surface area contributed by atoms with Crippen molar-refractivity contribution in [1.82, 2.24) is 5.32 Å². The molecule has 0 bridgehead atoms. The van der Waals surface area contributed by atoms with Crippen LogP contribution in [0.25, 0.3) is 17.2 Å². The van der Waals surface area contributed by atoms with Crippen molar-refractivity contribution in [2.24, 2.45) is 0 Å². The fourth-order valence-corrected chi connectivity index (χ4v) is 4.39. The van der Waals surface area contributed by atoms with E-state index in [-0.39, 0.29) is 12.5 Å². The van der Waals surface area contributed by atoms with Gasteiger partial charge >= 0.3 is 6.09 Å². The first kappa shape index (κ1) is 20.7. The second kappa shape index (κ2) is 8.74. The van der Waals surface area contributed by atoms with Crippen LogP contribution in [0.15, 0.2) is 72.8 Å². The third-order valence-electron chi connectivity index (χ3n) is 5.98. The summed E-state index contributed by atoms with van der Waals surface area (Å²) in [7, 11) is 0. The zero-order valence-corrected chi connectivity index (χ0v) is 17.8. The van der Waals surface area contributed by atoms with Gasteiger partial charge in [0.25, 0.3) is 11.7 Å². The van der Waals surface area contributed by atoms with Crippen LogP contribution in [0.1, 0.15) is 39.4 Å². The number of nitrogens with one attached hydrogen (secondary N) is 2. The number of hydrogen-bond donors (Lipinski definition) is 2. The summed E-state index contributed by atoms with van der Waals surface area (Å²) in [5.74, 6) is -1.07. The zero-order chi connectivity index (χ0) is 22.8. The van der Waals surface area contributed by atoms with Crippen molar-refractivity contribution < 1.29 is 19.1 Å². The molecule has 3 aromatic carbocycles. The predicted octanol–water partition coefficient (Wildman–Crippen LogP) is 4.76. The number of anilines is 1. The lowest BCUT2D eigenvalue weighted by molar-refractivity contribution is -0.112. The normalized spacial score (nSPS) is 14.1. The number of carbonyl (C=O) groups excluding carboxylic acids is 3. The number of benzene rings is 3. The average Bonchev–Trinajstić information content (AvgIpc) is 3.31. The maximum Gasteiger partial charge on any atom is 0.407 e. The maximum absolute atomic E-state index is 12.2. The van der Waals surface area contributed by atoms with Crippen molar-refractivity contribution in [1.29, 1.82) is 0 Å². The van der Waals surface area contributed by atoms with Crippen LogP contribution in [0, 0.1) is 0 Å². The molecule has 0 radical (unpaired) electrons. The Morgan fingerprint density at radius 2 is 1.64 bits per heavy atom. The van der Waals surface area contributed by atoms with E-state index in [0.717, 1.165) is 5.56 Å². The largest absolute Gasteiger partial charge is 0.449 e. The third kappa shape index (κ3) is 4.03. The smallest absolute Gasteiger partial charge is 0.407 e. The first-order valence-corrected chi connectivity index (χ1v) is 10.9. The molecule has 0 atom stereocenters. The summed E-state index contributed by atoms with van der Waals surface area (Å²) in [6.07, 6.45) is 3.98. The molecule has 3 aromatic rings. The van der Waals surface area contributed by atoms with E-state index in [1.165, 1.54) is 22.3 Å². The van der Waals surface area contributed by atoms with Gasteiger partial charge in [-0.15, -0.1) is 0 Å². The van der Waals surface area contributed by atoms with Crippen LogP contribution in [0.4, 0.5) is 10.5 Å². The van der Waals surface area contributed by atoms with Gasteiger partial charge in [-0.25, -0.2) is 4.79 Å². The van der Waals surface area contributed by atoms with Crippen LogP contribution >= 0.6 is 0 Å². The monoisotopic (exact) mass is 438 g/mol. The van der Waals surface area contributed by atoms with Crippen molar-refractivity contribution in [3.8, 4) is 11.1 Å². The highest BCUT2D eigenvalue weighted by atomic mass is 16.5. The van der Waals surface area contributed by atoms with Crippen LogP contribution in [-0.4, -0.2) is 30.9 Å². The molecule has 0 saturated carbocycles. The second-order valence-corrected chi connectivity index (χ2v) is 8.03. The first-order valence-electron chi connectivity index (χ1n) is 10.9. The lowest BCUT2D eigenvalue weighted by atomic mass is 9.98. The van der Waals surface area contributed by atoms with E-state index in [0.29, 0.717) is 24.2 Å². The van der Waals surface area contributed by atoms with Gasteiger partial charge in [0.15, 0.2) is 0 Å². The minimum Gasteiger partial charge on any atom is -0.449 e. The predicted molar refractivity (Wildman–Crippen MR) is 126 cm³/mol. The van der Waals surface area contributed by atoms with E-state index in [4.69, 9.17) is 4.74 Å². The van der Waals surface area contributed by atoms with E-state index >= 15 is 0 Å². The Bertz CT molecular complexity index is 1250. The Balaban J connectivity index is 1.11. The molecular weight excluding hydrogens is 416 g/mol. The molecule has 6 heteroatoms. The molecule has 1 heterocycles. The van der Waals surface area contributed by atoms with Gasteiger partial charge in [-0.3, -0.25) is 9.59 Å². The number of ketones is 1. The standard InChI is InChI=1S/C27H22N2O4/c30-25-22-13-12-17(15-24(22)29-26(25)31)7-5-6-14-28-27(32)33-16-23-20-10-3-1-8-18(20)19-9-2-4-11-21(19)23/h1-5,7-13,15,23H,6,14,16H2,(H,28,32)(H,29,30,31). The molecule has 33 heavy (non-hydrogen) atoms. The summed E-state index contributed by atoms with van der Waals surface area (Å²) in [6.45, 7) is 0.725. The highest BCUT2D eigenvalue weighted by Gasteiger charge is 2.29. The average molecular weight is 438 g/mol. The van der Waals surface area contributed by atoms with Crippen LogP contribution in [0.3, 0.4) is 0 Å². The van der Waals surface area contributed by atoms with Gasteiger partial charge in [-0.2, -0.15) is 0 Å². The number of hydrogen-bond acceptors (Lipinski definition) is 4. The number of Topliss-reactive ketones (excluding diaryl/α,β-unsaturated/α-hetero) is 1. The number of fused-ring (bicyclic) bond motifs is 4. The molecule has 164 valence electrons. The summed E-state index contributed by atoms with van der Waals surface area (Å²) in [5, 5.41) is 5.34. The highest BCUT2D eigenvalue weighted by molar-refractivity contribution is 6.51. The quantitative estimate of drug-likeness (QED) is 0.429. The molecule has 2 N–H and O–H groups in total. The molecule has 6 nitrogen and oxygen atoms in total. The van der Waals surface area contributed by atoms with E-state index in [2.05, 4.69) is 34.9 Å². The van der Waals surface area contributed by atoms with Gasteiger partial charge in [0.2, 0.25) is 0 Å². The Morgan fingerprint density at radius 3 is 2.36 bits per heavy atom. The first-order chi connectivity index (χ1) is 16.1. The Labute approximate surface area is 191 Å². The fraction of sp³-hybridized carbons (Fsp3) is 0.148. The van der Waals surface area contributed by atoms with Gasteiger partial charge in [0.05, 0.1) is 11.3 Å². The fourth-order valence-electron chi connectivity index (χ4n) is 4.39. The number of carbonyl (C=O) groups is 3. The van der Waals surface area contributed by atoms with Gasteiger partial charge in [0, 0.05) is 12.5 Å². The van der Waals surface area contributed by atoms with E-state index in [1.54, 1.807) is 18.2 Å². The van der Waals surface area contributed by atoms with Crippen LogP contribution in [-0.2, 0) is 9.53 Å². The summed E-state index contributed by atoms with van der Waals surface area (Å²) in [6, 6.07) is 21.6. The van der Waals surface area contributed by atoms with Crippen molar-refractivity contribution in [3.63, 3.8) is 0 Å². The molecule has 2 amide bonds. The van der Waals surface area contributed by atoms with Crippen molar-refractivity contribution in [2.75, 3.05) is 18.5 Å². The maximum atomic E-state index is 12.2. The van der Waals surface area contributed by atoms with E-state index in [9.17, 15) is 14.4 Å². The molecule has 1 aliphatic carbocycles. The lowest BCUT2D eigenvalue weighted by Gasteiger charge is -2.14. The van der Waals surface area contributed by atoms with Crippen molar-refractivity contribution >= 4 is 29.5 Å². The van der Waals surface area contributed by atoms with Crippen molar-refractivity contribution in [2.45, 2.75) is 12.3 Å². The summed E-state index contributed by atoms with van der Waals surface area (Å²) in [4.78, 5) is 35.3. The summed E-state index contributed by atoms with van der Waals surface area (Å²) < 4.78 is 5.53. The zero-order valence-electron chi connectivity index (χ0n) is 17.8. The van der Waals surface area contributed by atoms with Gasteiger partial charge in [-0.1, -0.05) is 66.7 Å². The molecule has 0 fully saturated rings. The molecule has 0 unspecified atom stereocenters. The van der Waals surface area contributed by atoms with Crippen molar-refractivity contribution in [3.05, 3.63) is 95.1 Å². The number of alkyl carbamates (subject to hydrolysis) is 1. The highest BCUT2D eigenvalue weighted by Crippen LogP contribution is 2.44. The Kier molecular flexibility index (Phi) is 5.48.